The van der Waals surface area contributed by atoms with Gasteiger partial charge in [0.15, 0.2) is 5.96 Å². The summed E-state index contributed by atoms with van der Waals surface area (Å²) in [4.78, 5) is 16.0. The normalized spacial score (nSPS) is 11.3. The first-order chi connectivity index (χ1) is 14.0. The molecule has 1 amide bonds. The summed E-state index contributed by atoms with van der Waals surface area (Å²) in [5.41, 5.74) is 1.48. The highest BCUT2D eigenvalue weighted by Gasteiger charge is 2.11. The van der Waals surface area contributed by atoms with Gasteiger partial charge in [0, 0.05) is 43.7 Å². The predicted molar refractivity (Wildman–Crippen MR) is 109 cm³/mol. The van der Waals surface area contributed by atoms with Crippen molar-refractivity contribution >= 4 is 23.5 Å². The zero-order chi connectivity index (χ0) is 21.1. The Morgan fingerprint density at radius 1 is 1.10 bits per heavy atom. The first kappa shape index (κ1) is 22.4. The van der Waals surface area contributed by atoms with E-state index in [2.05, 4.69) is 25.7 Å². The number of nitrogens with zero attached hydrogens (tertiary/aromatic N) is 1. The van der Waals surface area contributed by atoms with E-state index in [9.17, 15) is 13.6 Å². The number of carbonyl (C=O) groups is 1. The molecule has 6 nitrogen and oxygen atoms in total. The Morgan fingerprint density at radius 2 is 1.86 bits per heavy atom. The maximum absolute atomic E-state index is 12.5. The molecule has 156 valence electrons. The summed E-state index contributed by atoms with van der Waals surface area (Å²) in [5, 5.41) is 9.22. The van der Waals surface area contributed by atoms with E-state index >= 15 is 0 Å². The van der Waals surface area contributed by atoms with Gasteiger partial charge in [-0.3, -0.25) is 9.79 Å². The quantitative estimate of drug-likeness (QED) is 0.426. The van der Waals surface area contributed by atoms with Gasteiger partial charge in [0.2, 0.25) is 5.91 Å². The van der Waals surface area contributed by atoms with Crippen LogP contribution in [0.1, 0.15) is 17.5 Å². The Balaban J connectivity index is 1.77. The van der Waals surface area contributed by atoms with Gasteiger partial charge in [-0.1, -0.05) is 41.9 Å². The Labute approximate surface area is 173 Å². The highest BCUT2D eigenvalue weighted by atomic mass is 35.5. The molecular weight excluding hydrogens is 402 g/mol. The standard InChI is InChI=1S/C20H23ClF2N4O2/c1-24-20(25-10-9-18(28)26-12-14-5-3-2-4-6-14)27-13-15-11-16(21)7-8-17(15)29-19(22)23/h2-8,11,19H,9-10,12-13H2,1H3,(H,26,28)(H2,24,25,27). The summed E-state index contributed by atoms with van der Waals surface area (Å²) in [7, 11) is 1.57. The summed E-state index contributed by atoms with van der Waals surface area (Å²) >= 11 is 5.93. The van der Waals surface area contributed by atoms with Crippen molar-refractivity contribution < 1.29 is 18.3 Å². The number of hydrogen-bond acceptors (Lipinski definition) is 3. The minimum Gasteiger partial charge on any atom is -0.434 e. The van der Waals surface area contributed by atoms with Crippen LogP contribution >= 0.6 is 11.6 Å². The molecule has 0 atom stereocenters. The lowest BCUT2D eigenvalue weighted by molar-refractivity contribution is -0.121. The zero-order valence-corrected chi connectivity index (χ0v) is 16.7. The fourth-order valence-electron chi connectivity index (χ4n) is 2.48. The van der Waals surface area contributed by atoms with Crippen molar-refractivity contribution in [3.8, 4) is 5.75 Å². The molecule has 0 heterocycles. The molecule has 0 aliphatic carbocycles. The minimum atomic E-state index is -2.93. The number of alkyl halides is 2. The third kappa shape index (κ3) is 8.35. The van der Waals surface area contributed by atoms with Gasteiger partial charge < -0.3 is 20.7 Å². The molecule has 0 saturated carbocycles. The molecule has 0 aromatic heterocycles. The number of hydrogen-bond donors (Lipinski definition) is 3. The number of amides is 1. The molecule has 0 aliphatic heterocycles. The second kappa shape index (κ2) is 11.9. The van der Waals surface area contributed by atoms with E-state index < -0.39 is 6.61 Å². The van der Waals surface area contributed by atoms with Gasteiger partial charge in [-0.05, 0) is 23.8 Å². The average molecular weight is 425 g/mol. The van der Waals surface area contributed by atoms with Crippen LogP contribution in [0.2, 0.25) is 5.02 Å². The van der Waals surface area contributed by atoms with Gasteiger partial charge >= 0.3 is 6.61 Å². The number of rotatable bonds is 9. The lowest BCUT2D eigenvalue weighted by Gasteiger charge is -2.15. The smallest absolute Gasteiger partial charge is 0.387 e. The van der Waals surface area contributed by atoms with Gasteiger partial charge in [0.05, 0.1) is 0 Å². The van der Waals surface area contributed by atoms with Gasteiger partial charge in [0.1, 0.15) is 5.75 Å². The lowest BCUT2D eigenvalue weighted by atomic mass is 10.2. The van der Waals surface area contributed by atoms with Crippen molar-refractivity contribution in [1.29, 1.82) is 0 Å². The van der Waals surface area contributed by atoms with E-state index in [0.717, 1.165) is 5.56 Å². The van der Waals surface area contributed by atoms with Crippen molar-refractivity contribution in [3.05, 3.63) is 64.7 Å². The van der Waals surface area contributed by atoms with Crippen LogP contribution in [0.25, 0.3) is 0 Å². The summed E-state index contributed by atoms with van der Waals surface area (Å²) in [6, 6.07) is 14.0. The third-order valence-electron chi connectivity index (χ3n) is 3.89. The summed E-state index contributed by atoms with van der Waals surface area (Å²) < 4.78 is 29.6. The third-order valence-corrected chi connectivity index (χ3v) is 4.12. The summed E-state index contributed by atoms with van der Waals surface area (Å²) in [6.45, 7) is -1.94. The molecule has 2 aromatic carbocycles. The second-order valence-electron chi connectivity index (χ2n) is 6.00. The SMILES string of the molecule is CN=C(NCCC(=O)NCc1ccccc1)NCc1cc(Cl)ccc1OC(F)F. The largest absolute Gasteiger partial charge is 0.434 e. The van der Waals surface area contributed by atoms with Crippen LogP contribution in [0.4, 0.5) is 8.78 Å². The molecule has 0 unspecified atom stereocenters. The molecule has 0 saturated heterocycles. The molecule has 3 N–H and O–H groups in total. The Kier molecular flexibility index (Phi) is 9.17. The number of aliphatic imine (C=N–C) groups is 1. The highest BCUT2D eigenvalue weighted by Crippen LogP contribution is 2.24. The maximum Gasteiger partial charge on any atom is 0.387 e. The number of guanidine groups is 1. The molecule has 2 aromatic rings. The van der Waals surface area contributed by atoms with Crippen molar-refractivity contribution in [2.24, 2.45) is 4.99 Å². The van der Waals surface area contributed by atoms with Gasteiger partial charge in [0.25, 0.3) is 0 Å². The van der Waals surface area contributed by atoms with Gasteiger partial charge in [-0.25, -0.2) is 0 Å². The first-order valence-electron chi connectivity index (χ1n) is 8.96. The monoisotopic (exact) mass is 424 g/mol. The number of benzene rings is 2. The molecule has 0 bridgehead atoms. The van der Waals surface area contributed by atoms with E-state index in [4.69, 9.17) is 11.6 Å². The molecule has 9 heteroatoms. The zero-order valence-electron chi connectivity index (χ0n) is 15.9. The van der Waals surface area contributed by atoms with E-state index in [1.165, 1.54) is 18.2 Å². The molecule has 0 radical (unpaired) electrons. The average Bonchev–Trinajstić information content (AvgIpc) is 2.71. The van der Waals surface area contributed by atoms with E-state index in [-0.39, 0.29) is 24.6 Å². The number of halogens is 3. The van der Waals surface area contributed by atoms with Crippen LogP contribution in [0.15, 0.2) is 53.5 Å². The van der Waals surface area contributed by atoms with Crippen molar-refractivity contribution in [3.63, 3.8) is 0 Å². The number of carbonyl (C=O) groups excluding carboxylic acids is 1. The molecule has 0 spiro atoms. The predicted octanol–water partition coefficient (Wildman–Crippen LogP) is 3.31. The van der Waals surface area contributed by atoms with Crippen LogP contribution in [-0.2, 0) is 17.9 Å². The molecule has 2 rings (SSSR count). The Morgan fingerprint density at radius 3 is 2.55 bits per heavy atom. The van der Waals surface area contributed by atoms with Crippen LogP contribution in [0.5, 0.6) is 5.75 Å². The molecule has 0 fully saturated rings. The minimum absolute atomic E-state index is 0.0349. The van der Waals surface area contributed by atoms with Gasteiger partial charge in [-0.2, -0.15) is 8.78 Å². The first-order valence-corrected chi connectivity index (χ1v) is 9.34. The Hall–Kier alpha value is -2.87. The topological polar surface area (TPSA) is 74.8 Å². The van der Waals surface area contributed by atoms with Crippen molar-refractivity contribution in [2.75, 3.05) is 13.6 Å². The second-order valence-corrected chi connectivity index (χ2v) is 6.43. The van der Waals surface area contributed by atoms with Crippen molar-refractivity contribution in [2.45, 2.75) is 26.1 Å². The number of nitrogens with one attached hydrogen (secondary N) is 3. The van der Waals surface area contributed by atoms with E-state index in [1.54, 1.807) is 7.05 Å². The Bertz CT molecular complexity index is 819. The van der Waals surface area contributed by atoms with Crippen LogP contribution < -0.4 is 20.7 Å². The van der Waals surface area contributed by atoms with E-state index in [0.29, 0.717) is 29.6 Å². The summed E-state index contributed by atoms with van der Waals surface area (Å²) in [5.74, 6) is 0.357. The fourth-order valence-corrected chi connectivity index (χ4v) is 2.67. The van der Waals surface area contributed by atoms with E-state index in [1.807, 2.05) is 30.3 Å². The van der Waals surface area contributed by atoms with Crippen LogP contribution in [0, 0.1) is 0 Å². The van der Waals surface area contributed by atoms with Crippen molar-refractivity contribution in [1.82, 2.24) is 16.0 Å². The molecule has 29 heavy (non-hydrogen) atoms. The molecular formula is C20H23ClF2N4O2. The van der Waals surface area contributed by atoms with Crippen LogP contribution in [0.3, 0.4) is 0 Å². The summed E-state index contributed by atoms with van der Waals surface area (Å²) in [6.07, 6.45) is 0.254. The maximum atomic E-state index is 12.5. The van der Waals surface area contributed by atoms with Crippen LogP contribution in [-0.4, -0.2) is 32.1 Å². The lowest BCUT2D eigenvalue weighted by Crippen LogP contribution is -2.39. The highest BCUT2D eigenvalue weighted by molar-refractivity contribution is 6.30. The fraction of sp³-hybridized carbons (Fsp3) is 0.300. The number of ether oxygens (including phenoxy) is 1. The molecule has 0 aliphatic rings. The van der Waals surface area contributed by atoms with Gasteiger partial charge in [-0.15, -0.1) is 0 Å².